The van der Waals surface area contributed by atoms with Crippen LogP contribution in [-0.4, -0.2) is 43.6 Å². The Kier molecular flexibility index (Phi) is 6.54. The third kappa shape index (κ3) is 5.57. The molecule has 136 valence electrons. The van der Waals surface area contributed by atoms with Gasteiger partial charge in [0.15, 0.2) is 0 Å². The van der Waals surface area contributed by atoms with Gasteiger partial charge < -0.3 is 14.6 Å². The van der Waals surface area contributed by atoms with Crippen molar-refractivity contribution in [1.29, 1.82) is 0 Å². The zero-order valence-corrected chi connectivity index (χ0v) is 15.0. The van der Waals surface area contributed by atoms with E-state index in [1.54, 1.807) is 24.7 Å². The number of amides is 1. The molecule has 0 aliphatic carbocycles. The molecule has 2 N–H and O–H groups in total. The predicted octanol–water partition coefficient (Wildman–Crippen LogP) is 0.765. The zero-order chi connectivity index (χ0) is 18.3. The number of hydrogen-bond donors (Lipinski definition) is 2. The van der Waals surface area contributed by atoms with Gasteiger partial charge in [-0.05, 0) is 37.6 Å². The van der Waals surface area contributed by atoms with Crippen LogP contribution >= 0.6 is 0 Å². The minimum Gasteiger partial charge on any atom is -0.497 e. The SMILES string of the molecule is COc1ccc(S(=O)(=O)N[C@@H](C)C(=O)NCCCn2ccnc2)cc1. The lowest BCUT2D eigenvalue weighted by Gasteiger charge is -2.14. The lowest BCUT2D eigenvalue weighted by molar-refractivity contribution is -0.122. The Hall–Kier alpha value is -2.39. The molecule has 9 heteroatoms. The van der Waals surface area contributed by atoms with Crippen molar-refractivity contribution in [3.8, 4) is 5.75 Å². The molecule has 1 aromatic carbocycles. The fourth-order valence-electron chi connectivity index (χ4n) is 2.15. The van der Waals surface area contributed by atoms with Gasteiger partial charge in [-0.2, -0.15) is 4.72 Å². The molecular formula is C16H22N4O4S. The van der Waals surface area contributed by atoms with E-state index in [2.05, 4.69) is 15.0 Å². The van der Waals surface area contributed by atoms with Gasteiger partial charge in [0.2, 0.25) is 15.9 Å². The van der Waals surface area contributed by atoms with Crippen molar-refractivity contribution < 1.29 is 17.9 Å². The van der Waals surface area contributed by atoms with E-state index in [9.17, 15) is 13.2 Å². The van der Waals surface area contributed by atoms with E-state index in [0.29, 0.717) is 12.3 Å². The molecule has 2 aromatic rings. The average Bonchev–Trinajstić information content (AvgIpc) is 3.11. The van der Waals surface area contributed by atoms with E-state index in [1.165, 1.54) is 26.2 Å². The van der Waals surface area contributed by atoms with E-state index in [-0.39, 0.29) is 10.8 Å². The van der Waals surface area contributed by atoms with Gasteiger partial charge in [0.05, 0.1) is 24.4 Å². The maximum Gasteiger partial charge on any atom is 0.241 e. The summed E-state index contributed by atoms with van der Waals surface area (Å²) in [6, 6.07) is 5.08. The molecule has 0 aliphatic rings. The first-order valence-electron chi connectivity index (χ1n) is 7.82. The number of rotatable bonds is 9. The first-order chi connectivity index (χ1) is 11.9. The highest BCUT2D eigenvalue weighted by atomic mass is 32.2. The number of hydrogen-bond acceptors (Lipinski definition) is 5. The summed E-state index contributed by atoms with van der Waals surface area (Å²) in [7, 11) is -2.27. The lowest BCUT2D eigenvalue weighted by Crippen LogP contribution is -2.45. The van der Waals surface area contributed by atoms with Crippen molar-refractivity contribution in [3.63, 3.8) is 0 Å². The van der Waals surface area contributed by atoms with Crippen LogP contribution in [0.2, 0.25) is 0 Å². The minimum absolute atomic E-state index is 0.0769. The molecule has 1 heterocycles. The molecule has 1 atom stereocenters. The fraction of sp³-hybridized carbons (Fsp3) is 0.375. The van der Waals surface area contributed by atoms with Gasteiger partial charge in [0.1, 0.15) is 5.75 Å². The molecule has 1 amide bonds. The highest BCUT2D eigenvalue weighted by Gasteiger charge is 2.21. The minimum atomic E-state index is -3.77. The number of carbonyl (C=O) groups is 1. The normalized spacial score (nSPS) is 12.6. The molecule has 2 rings (SSSR count). The first-order valence-corrected chi connectivity index (χ1v) is 9.30. The van der Waals surface area contributed by atoms with Crippen LogP contribution < -0.4 is 14.8 Å². The van der Waals surface area contributed by atoms with Crippen molar-refractivity contribution >= 4 is 15.9 Å². The Labute approximate surface area is 147 Å². The first kappa shape index (κ1) is 18.9. The highest BCUT2D eigenvalue weighted by Crippen LogP contribution is 2.15. The van der Waals surface area contributed by atoms with Gasteiger partial charge in [0, 0.05) is 25.5 Å². The third-order valence-electron chi connectivity index (χ3n) is 3.55. The van der Waals surface area contributed by atoms with Crippen LogP contribution in [0.1, 0.15) is 13.3 Å². The second-order valence-corrected chi connectivity index (χ2v) is 7.18. The van der Waals surface area contributed by atoms with Crippen LogP contribution in [0.15, 0.2) is 47.9 Å². The van der Waals surface area contributed by atoms with E-state index < -0.39 is 16.1 Å². The van der Waals surface area contributed by atoms with E-state index in [0.717, 1.165) is 13.0 Å². The molecule has 0 spiro atoms. The molecule has 0 radical (unpaired) electrons. The number of aromatic nitrogens is 2. The van der Waals surface area contributed by atoms with E-state index >= 15 is 0 Å². The van der Waals surface area contributed by atoms with Crippen LogP contribution in [0.4, 0.5) is 0 Å². The Balaban J connectivity index is 1.82. The fourth-order valence-corrected chi connectivity index (χ4v) is 3.36. The topological polar surface area (TPSA) is 102 Å². The summed E-state index contributed by atoms with van der Waals surface area (Å²) >= 11 is 0. The molecule has 25 heavy (non-hydrogen) atoms. The highest BCUT2D eigenvalue weighted by molar-refractivity contribution is 7.89. The molecule has 0 fully saturated rings. The second kappa shape index (κ2) is 8.63. The number of sulfonamides is 1. The van der Waals surface area contributed by atoms with Crippen molar-refractivity contribution in [1.82, 2.24) is 19.6 Å². The maximum atomic E-state index is 12.3. The quantitative estimate of drug-likeness (QED) is 0.638. The van der Waals surface area contributed by atoms with Gasteiger partial charge in [-0.25, -0.2) is 13.4 Å². The maximum absolute atomic E-state index is 12.3. The van der Waals surface area contributed by atoms with Gasteiger partial charge in [0.25, 0.3) is 0 Å². The summed E-state index contributed by atoms with van der Waals surface area (Å²) < 4.78 is 33.9. The summed E-state index contributed by atoms with van der Waals surface area (Å²) in [4.78, 5) is 16.0. The molecule has 8 nitrogen and oxygen atoms in total. The number of imidazole rings is 1. The molecule has 0 bridgehead atoms. The largest absolute Gasteiger partial charge is 0.497 e. The number of methoxy groups -OCH3 is 1. The lowest BCUT2D eigenvalue weighted by atomic mass is 10.3. The predicted molar refractivity (Wildman–Crippen MR) is 92.6 cm³/mol. The standard InChI is InChI=1S/C16H22N4O4S/c1-13(16(21)18-8-3-10-20-11-9-17-12-20)19-25(22,23)15-6-4-14(24-2)5-7-15/h4-7,9,11-13,19H,3,8,10H2,1-2H3,(H,18,21)/t13-/m0/s1. The number of benzene rings is 1. The number of nitrogens with one attached hydrogen (secondary N) is 2. The molecule has 0 saturated heterocycles. The number of aryl methyl sites for hydroxylation is 1. The van der Waals surface area contributed by atoms with Crippen molar-refractivity contribution in [3.05, 3.63) is 43.0 Å². The van der Waals surface area contributed by atoms with E-state index in [1.807, 2.05) is 10.8 Å². The Morgan fingerprint density at radius 2 is 2.04 bits per heavy atom. The van der Waals surface area contributed by atoms with Crippen molar-refractivity contribution in [2.45, 2.75) is 30.8 Å². The van der Waals surface area contributed by atoms with Gasteiger partial charge in [-0.15, -0.1) is 0 Å². The molecule has 0 saturated carbocycles. The number of carbonyl (C=O) groups excluding carboxylic acids is 1. The summed E-state index contributed by atoms with van der Waals surface area (Å²) in [5.41, 5.74) is 0. The van der Waals surface area contributed by atoms with Crippen molar-refractivity contribution in [2.24, 2.45) is 0 Å². The van der Waals surface area contributed by atoms with Gasteiger partial charge in [-0.1, -0.05) is 0 Å². The zero-order valence-electron chi connectivity index (χ0n) is 14.2. The van der Waals surface area contributed by atoms with E-state index in [4.69, 9.17) is 4.74 Å². The summed E-state index contributed by atoms with van der Waals surface area (Å²) in [5.74, 6) is 0.186. The monoisotopic (exact) mass is 366 g/mol. The molecule has 0 aliphatic heterocycles. The van der Waals surface area contributed by atoms with Crippen LogP contribution in [0, 0.1) is 0 Å². The Bertz CT molecular complexity index is 773. The van der Waals surface area contributed by atoms with Gasteiger partial charge in [-0.3, -0.25) is 4.79 Å². The number of ether oxygens (including phenoxy) is 1. The third-order valence-corrected chi connectivity index (χ3v) is 5.10. The van der Waals surface area contributed by atoms with Crippen molar-refractivity contribution in [2.75, 3.05) is 13.7 Å². The van der Waals surface area contributed by atoms with Crippen LogP contribution in [0.3, 0.4) is 0 Å². The Morgan fingerprint density at radius 1 is 1.32 bits per heavy atom. The average molecular weight is 366 g/mol. The summed E-state index contributed by atoms with van der Waals surface area (Å²) in [6.45, 7) is 2.68. The molecule has 0 unspecified atom stereocenters. The molecular weight excluding hydrogens is 344 g/mol. The molecule has 1 aromatic heterocycles. The van der Waals surface area contributed by atoms with Crippen LogP contribution in [-0.2, 0) is 21.4 Å². The summed E-state index contributed by atoms with van der Waals surface area (Å²) in [6.07, 6.45) is 5.95. The summed E-state index contributed by atoms with van der Waals surface area (Å²) in [5, 5.41) is 2.72. The Morgan fingerprint density at radius 3 is 2.64 bits per heavy atom. The van der Waals surface area contributed by atoms with Crippen LogP contribution in [0.5, 0.6) is 5.75 Å². The van der Waals surface area contributed by atoms with Crippen LogP contribution in [0.25, 0.3) is 0 Å². The smallest absolute Gasteiger partial charge is 0.241 e. The van der Waals surface area contributed by atoms with Gasteiger partial charge >= 0.3 is 0 Å². The second-order valence-electron chi connectivity index (χ2n) is 5.46. The number of nitrogens with zero attached hydrogens (tertiary/aromatic N) is 2.